The van der Waals surface area contributed by atoms with Crippen LogP contribution in [-0.2, 0) is 11.3 Å². The largest absolute Gasteiger partial charge is 0.325 e. The van der Waals surface area contributed by atoms with Crippen molar-refractivity contribution >= 4 is 34.6 Å². The molecule has 3 heterocycles. The predicted octanol–water partition coefficient (Wildman–Crippen LogP) is 3.87. The summed E-state index contributed by atoms with van der Waals surface area (Å²) in [6.07, 6.45) is 3.84. The van der Waals surface area contributed by atoms with E-state index in [1.165, 1.54) is 4.90 Å². The van der Waals surface area contributed by atoms with Crippen molar-refractivity contribution in [1.82, 2.24) is 15.2 Å². The Morgan fingerprint density at radius 3 is 3.00 bits per heavy atom. The third kappa shape index (κ3) is 2.46. The average Bonchev–Trinajstić information content (AvgIpc) is 3.28. The minimum Gasteiger partial charge on any atom is -0.323 e. The minimum absolute atomic E-state index is 0.0789. The summed E-state index contributed by atoms with van der Waals surface area (Å²) in [7, 11) is 0. The molecule has 1 saturated carbocycles. The molecule has 2 fully saturated rings. The fourth-order valence-corrected chi connectivity index (χ4v) is 5.22. The Balaban J connectivity index is 1.55. The van der Waals surface area contributed by atoms with Crippen LogP contribution >= 0.6 is 22.7 Å². The van der Waals surface area contributed by atoms with Gasteiger partial charge < -0.3 is 5.32 Å². The Morgan fingerprint density at radius 1 is 1.38 bits per heavy atom. The molecule has 2 unspecified atom stereocenters. The van der Waals surface area contributed by atoms with Gasteiger partial charge in [0.2, 0.25) is 0 Å². The normalized spacial score (nSPS) is 27.0. The maximum absolute atomic E-state index is 13.0. The first kappa shape index (κ1) is 15.8. The Labute approximate surface area is 148 Å². The van der Waals surface area contributed by atoms with E-state index >= 15 is 0 Å². The molecule has 1 spiro atoms. The standard InChI is InChI=1S/C17H19N3O2S2/c1-11-4-2-3-6-17(11)15(21)20(16(22)19-17)8-13-10-24-14(18-13)12-5-7-23-9-12/h5,7,9-11H,2-4,6,8H2,1H3,(H,19,22). The first-order valence-electron chi connectivity index (χ1n) is 8.21. The van der Waals surface area contributed by atoms with Crippen molar-refractivity contribution in [3.05, 3.63) is 27.9 Å². The van der Waals surface area contributed by atoms with Crippen LogP contribution in [0.2, 0.25) is 0 Å². The van der Waals surface area contributed by atoms with Crippen LogP contribution in [0, 0.1) is 5.92 Å². The number of hydrogen-bond donors (Lipinski definition) is 1. The van der Waals surface area contributed by atoms with Gasteiger partial charge in [-0.05, 0) is 30.2 Å². The van der Waals surface area contributed by atoms with Gasteiger partial charge in [0.1, 0.15) is 10.5 Å². The van der Waals surface area contributed by atoms with E-state index < -0.39 is 5.54 Å². The number of thiazole rings is 1. The van der Waals surface area contributed by atoms with Crippen LogP contribution in [0.25, 0.3) is 10.6 Å². The molecular weight excluding hydrogens is 342 g/mol. The molecule has 0 aromatic carbocycles. The molecule has 2 atom stereocenters. The lowest BCUT2D eigenvalue weighted by atomic mass is 9.73. The van der Waals surface area contributed by atoms with E-state index in [0.29, 0.717) is 0 Å². The Bertz CT molecular complexity index is 771. The lowest BCUT2D eigenvalue weighted by Crippen LogP contribution is -2.53. The number of amides is 3. The second-order valence-electron chi connectivity index (χ2n) is 6.60. The number of imide groups is 1. The van der Waals surface area contributed by atoms with Crippen LogP contribution < -0.4 is 5.32 Å². The third-order valence-electron chi connectivity index (χ3n) is 5.14. The summed E-state index contributed by atoms with van der Waals surface area (Å²) in [4.78, 5) is 31.3. The molecule has 126 valence electrons. The number of aromatic nitrogens is 1. The summed E-state index contributed by atoms with van der Waals surface area (Å²) >= 11 is 3.18. The van der Waals surface area contributed by atoms with E-state index in [9.17, 15) is 9.59 Å². The molecule has 1 aliphatic carbocycles. The van der Waals surface area contributed by atoms with Gasteiger partial charge in [-0.1, -0.05) is 19.8 Å². The summed E-state index contributed by atoms with van der Waals surface area (Å²) < 4.78 is 0. The molecular formula is C17H19N3O2S2. The number of nitrogens with zero attached hydrogens (tertiary/aromatic N) is 2. The Kier molecular flexibility index (Phi) is 3.92. The van der Waals surface area contributed by atoms with Gasteiger partial charge in [-0.2, -0.15) is 11.3 Å². The van der Waals surface area contributed by atoms with Gasteiger partial charge in [-0.15, -0.1) is 11.3 Å². The van der Waals surface area contributed by atoms with Crippen LogP contribution in [0.1, 0.15) is 38.3 Å². The molecule has 1 N–H and O–H groups in total. The van der Waals surface area contributed by atoms with Crippen LogP contribution in [0.5, 0.6) is 0 Å². The fraction of sp³-hybridized carbons (Fsp3) is 0.471. The molecule has 2 aromatic heterocycles. The van der Waals surface area contributed by atoms with Crippen molar-refractivity contribution in [2.24, 2.45) is 5.92 Å². The number of carbonyl (C=O) groups is 2. The first-order valence-corrected chi connectivity index (χ1v) is 10.0. The summed E-state index contributed by atoms with van der Waals surface area (Å²) in [5.41, 5.74) is 1.16. The Hall–Kier alpha value is -1.73. The lowest BCUT2D eigenvalue weighted by Gasteiger charge is -2.36. The zero-order valence-electron chi connectivity index (χ0n) is 13.4. The summed E-state index contributed by atoms with van der Waals surface area (Å²) in [5.74, 6) is 0.106. The third-order valence-corrected chi connectivity index (χ3v) is 6.76. The van der Waals surface area contributed by atoms with Gasteiger partial charge in [-0.25, -0.2) is 9.78 Å². The van der Waals surface area contributed by atoms with Gasteiger partial charge in [-0.3, -0.25) is 9.69 Å². The van der Waals surface area contributed by atoms with Crippen LogP contribution in [-0.4, -0.2) is 27.4 Å². The van der Waals surface area contributed by atoms with Crippen molar-refractivity contribution in [3.8, 4) is 10.6 Å². The first-order chi connectivity index (χ1) is 11.6. The lowest BCUT2D eigenvalue weighted by molar-refractivity contribution is -0.134. The quantitative estimate of drug-likeness (QED) is 0.844. The number of carbonyl (C=O) groups excluding carboxylic acids is 2. The molecule has 3 amide bonds. The van der Waals surface area contributed by atoms with Crippen molar-refractivity contribution in [2.45, 2.75) is 44.7 Å². The van der Waals surface area contributed by atoms with E-state index in [1.54, 1.807) is 22.7 Å². The van der Waals surface area contributed by atoms with Crippen LogP contribution in [0.3, 0.4) is 0 Å². The van der Waals surface area contributed by atoms with Gasteiger partial charge in [0, 0.05) is 16.3 Å². The summed E-state index contributed by atoms with van der Waals surface area (Å²) in [5, 5.41) is 9.92. The second-order valence-corrected chi connectivity index (χ2v) is 8.23. The topological polar surface area (TPSA) is 62.3 Å². The maximum atomic E-state index is 13.0. The molecule has 7 heteroatoms. The van der Waals surface area contributed by atoms with Crippen molar-refractivity contribution in [2.75, 3.05) is 0 Å². The highest BCUT2D eigenvalue weighted by atomic mass is 32.1. The summed E-state index contributed by atoms with van der Waals surface area (Å²) in [6, 6.07) is 1.75. The molecule has 0 bridgehead atoms. The smallest absolute Gasteiger partial charge is 0.323 e. The molecule has 2 aromatic rings. The molecule has 1 aliphatic heterocycles. The highest BCUT2D eigenvalue weighted by molar-refractivity contribution is 7.14. The average molecular weight is 361 g/mol. The second kappa shape index (κ2) is 5.97. The summed E-state index contributed by atoms with van der Waals surface area (Å²) in [6.45, 7) is 2.32. The Morgan fingerprint density at radius 2 is 2.25 bits per heavy atom. The van der Waals surface area contributed by atoms with Gasteiger partial charge in [0.15, 0.2) is 0 Å². The molecule has 24 heavy (non-hydrogen) atoms. The van der Waals surface area contributed by atoms with E-state index in [1.807, 2.05) is 16.8 Å². The van der Waals surface area contributed by atoms with Crippen LogP contribution in [0.15, 0.2) is 22.2 Å². The van der Waals surface area contributed by atoms with Crippen molar-refractivity contribution in [3.63, 3.8) is 0 Å². The van der Waals surface area contributed by atoms with Gasteiger partial charge in [0.25, 0.3) is 5.91 Å². The number of urea groups is 1. The number of thiophene rings is 1. The SMILES string of the molecule is CC1CCCCC12NC(=O)N(Cc1csc(-c3ccsc3)n1)C2=O. The van der Waals surface area contributed by atoms with Crippen molar-refractivity contribution in [1.29, 1.82) is 0 Å². The molecule has 1 saturated heterocycles. The van der Waals surface area contributed by atoms with Gasteiger partial charge >= 0.3 is 6.03 Å². The molecule has 4 rings (SSSR count). The molecule has 2 aliphatic rings. The minimum atomic E-state index is -0.693. The van der Waals surface area contributed by atoms with E-state index in [0.717, 1.165) is 41.9 Å². The number of nitrogens with one attached hydrogen (secondary N) is 1. The maximum Gasteiger partial charge on any atom is 0.325 e. The number of hydrogen-bond acceptors (Lipinski definition) is 5. The molecule has 0 radical (unpaired) electrons. The monoisotopic (exact) mass is 361 g/mol. The molecule has 5 nitrogen and oxygen atoms in total. The van der Waals surface area contributed by atoms with E-state index in [-0.39, 0.29) is 24.4 Å². The van der Waals surface area contributed by atoms with Gasteiger partial charge in [0.05, 0.1) is 12.2 Å². The zero-order chi connectivity index (χ0) is 16.7. The zero-order valence-corrected chi connectivity index (χ0v) is 15.1. The van der Waals surface area contributed by atoms with Crippen molar-refractivity contribution < 1.29 is 9.59 Å². The van der Waals surface area contributed by atoms with E-state index in [2.05, 4.69) is 22.6 Å². The number of rotatable bonds is 3. The predicted molar refractivity (Wildman–Crippen MR) is 94.9 cm³/mol. The van der Waals surface area contributed by atoms with E-state index in [4.69, 9.17) is 0 Å². The fourth-order valence-electron chi connectivity index (χ4n) is 3.70. The highest BCUT2D eigenvalue weighted by Crippen LogP contribution is 2.38. The highest BCUT2D eigenvalue weighted by Gasteiger charge is 2.54. The van der Waals surface area contributed by atoms with Crippen LogP contribution in [0.4, 0.5) is 4.79 Å².